The van der Waals surface area contributed by atoms with Crippen LogP contribution in [0.3, 0.4) is 0 Å². The molecule has 0 aliphatic heterocycles. The third-order valence-electron chi connectivity index (χ3n) is 9.90. The number of aromatic carboxylic acids is 1. The first-order chi connectivity index (χ1) is 25.7. The maximum absolute atomic E-state index is 12.8. The fourth-order valence-electron chi connectivity index (χ4n) is 7.81. The minimum Gasteiger partial charge on any atom is -0.478 e. The van der Waals surface area contributed by atoms with Crippen LogP contribution in [-0.2, 0) is 31.9 Å². The van der Waals surface area contributed by atoms with E-state index < -0.39 is 17.2 Å². The normalized spacial score (nSPS) is 13.1. The molecule has 54 heavy (non-hydrogen) atoms. The summed E-state index contributed by atoms with van der Waals surface area (Å²) in [6.45, 7) is 11.3. The third-order valence-corrected chi connectivity index (χ3v) is 9.90. The van der Waals surface area contributed by atoms with Crippen molar-refractivity contribution in [2.45, 2.75) is 84.3 Å². The zero-order valence-corrected chi connectivity index (χ0v) is 31.8. The number of esters is 2. The van der Waals surface area contributed by atoms with Gasteiger partial charge in [-0.05, 0) is 139 Å². The Balaban J connectivity index is 1.43. The Kier molecular flexibility index (Phi) is 9.65. The van der Waals surface area contributed by atoms with E-state index in [0.717, 1.165) is 72.3 Å². The average Bonchev–Trinajstić information content (AvgIpc) is 3.61. The van der Waals surface area contributed by atoms with E-state index in [1.807, 2.05) is 53.7 Å². The van der Waals surface area contributed by atoms with E-state index in [9.17, 15) is 19.5 Å². The van der Waals surface area contributed by atoms with Crippen LogP contribution in [0.1, 0.15) is 110 Å². The Morgan fingerprint density at radius 2 is 0.944 bits per heavy atom. The molecule has 0 radical (unpaired) electrons. The summed E-state index contributed by atoms with van der Waals surface area (Å²) in [4.78, 5) is 37.6. The monoisotopic (exact) mass is 718 g/mol. The molecule has 2 aliphatic carbocycles. The van der Waals surface area contributed by atoms with Crippen molar-refractivity contribution in [3.05, 3.63) is 154 Å². The van der Waals surface area contributed by atoms with Crippen molar-refractivity contribution in [3.8, 4) is 22.3 Å². The average molecular weight is 719 g/mol. The van der Waals surface area contributed by atoms with E-state index in [1.165, 1.54) is 0 Å². The highest BCUT2D eigenvalue weighted by Gasteiger charge is 2.37. The number of carbonyl (C=O) groups is 3. The first-order valence-electron chi connectivity index (χ1n) is 18.6. The first kappa shape index (κ1) is 36.6. The molecule has 0 atom stereocenters. The quantitative estimate of drug-likeness (QED) is 0.150. The summed E-state index contributed by atoms with van der Waals surface area (Å²) in [6.07, 6.45) is 1.57. The van der Waals surface area contributed by atoms with E-state index in [-0.39, 0.29) is 36.3 Å². The van der Waals surface area contributed by atoms with Crippen molar-refractivity contribution in [2.75, 3.05) is 0 Å². The topological polar surface area (TPSA) is 89.9 Å². The van der Waals surface area contributed by atoms with Crippen molar-refractivity contribution in [3.63, 3.8) is 0 Å². The summed E-state index contributed by atoms with van der Waals surface area (Å²) in [7, 11) is 0. The third kappa shape index (κ3) is 7.52. The molecule has 0 heterocycles. The molecule has 1 N–H and O–H groups in total. The fraction of sp³-hybridized carbons (Fsp3) is 0.271. The predicted molar refractivity (Wildman–Crippen MR) is 213 cm³/mol. The van der Waals surface area contributed by atoms with Gasteiger partial charge in [-0.3, -0.25) is 9.59 Å². The van der Waals surface area contributed by atoms with E-state index in [0.29, 0.717) is 12.8 Å². The summed E-state index contributed by atoms with van der Waals surface area (Å²) in [5.74, 6) is -1.70. The van der Waals surface area contributed by atoms with Crippen LogP contribution in [0.25, 0.3) is 33.4 Å². The van der Waals surface area contributed by atoms with Gasteiger partial charge < -0.3 is 14.6 Å². The van der Waals surface area contributed by atoms with Gasteiger partial charge in [0.05, 0.1) is 5.56 Å². The standard InChI is InChI=1S/C48H46O6/c1-47(2,3)53-41(49)25-17-29-15-23-35-36-24-16-30(18-26-42(50)54-48(4,5)6)28-40(36)45(39(35)27-29)43(31-19-21-32(22-20-31)46(51)52)44-37-13-9-7-11-33(37)34-12-8-10-14-38(34)44/h7-16,19-24,27-28,45H,17-18,25-26H2,1-6H3,(H,51,52). The van der Waals surface area contributed by atoms with Crippen molar-refractivity contribution >= 4 is 29.1 Å². The maximum Gasteiger partial charge on any atom is 0.335 e. The summed E-state index contributed by atoms with van der Waals surface area (Å²) in [5.41, 5.74) is 13.2. The van der Waals surface area contributed by atoms with Crippen LogP contribution in [0, 0.1) is 0 Å². The molecule has 0 unspecified atom stereocenters. The van der Waals surface area contributed by atoms with Gasteiger partial charge in [-0.2, -0.15) is 0 Å². The molecule has 0 bridgehead atoms. The van der Waals surface area contributed by atoms with Gasteiger partial charge in [0.2, 0.25) is 0 Å². The molecule has 0 amide bonds. The van der Waals surface area contributed by atoms with Crippen LogP contribution >= 0.6 is 0 Å². The van der Waals surface area contributed by atoms with Crippen molar-refractivity contribution in [1.82, 2.24) is 0 Å². The summed E-state index contributed by atoms with van der Waals surface area (Å²) in [5, 5.41) is 9.85. The molecule has 274 valence electrons. The fourth-order valence-corrected chi connectivity index (χ4v) is 7.81. The molecule has 6 nitrogen and oxygen atoms in total. The summed E-state index contributed by atoms with van der Waals surface area (Å²) < 4.78 is 11.3. The number of hydrogen-bond donors (Lipinski definition) is 1. The van der Waals surface area contributed by atoms with E-state index in [1.54, 1.807) is 12.1 Å². The van der Waals surface area contributed by atoms with Gasteiger partial charge in [0.15, 0.2) is 0 Å². The zero-order chi connectivity index (χ0) is 38.4. The lowest BCUT2D eigenvalue weighted by Crippen LogP contribution is -2.24. The van der Waals surface area contributed by atoms with Crippen molar-refractivity contribution in [2.24, 2.45) is 0 Å². The second-order valence-corrected chi connectivity index (χ2v) is 16.2. The molecule has 0 aromatic heterocycles. The molecule has 2 aliphatic rings. The molecule has 5 aromatic carbocycles. The minimum absolute atomic E-state index is 0.219. The number of rotatable bonds is 9. The largest absolute Gasteiger partial charge is 0.478 e. The van der Waals surface area contributed by atoms with E-state index in [2.05, 4.69) is 84.9 Å². The number of carboxylic acids is 1. The van der Waals surface area contributed by atoms with Crippen LogP contribution in [0.4, 0.5) is 0 Å². The predicted octanol–water partition coefficient (Wildman–Crippen LogP) is 10.7. The molecule has 0 spiro atoms. The SMILES string of the molecule is CC(C)(C)OC(=O)CCc1ccc2c(c1)C(C(=C1c3ccccc3-c3ccccc31)c1ccc(C(=O)O)cc1)c1cc(CCC(=O)OC(C)(C)C)ccc1-2. The number of hydrogen-bond acceptors (Lipinski definition) is 5. The zero-order valence-electron chi connectivity index (χ0n) is 31.8. The van der Waals surface area contributed by atoms with Crippen LogP contribution in [0.2, 0.25) is 0 Å². The lowest BCUT2D eigenvalue weighted by atomic mass is 9.79. The van der Waals surface area contributed by atoms with Gasteiger partial charge in [0, 0.05) is 18.8 Å². The lowest BCUT2D eigenvalue weighted by Gasteiger charge is -2.24. The highest BCUT2D eigenvalue weighted by atomic mass is 16.6. The van der Waals surface area contributed by atoms with E-state index >= 15 is 0 Å². The number of aryl methyl sites for hydroxylation is 2. The Labute approximate surface area is 317 Å². The lowest BCUT2D eigenvalue weighted by molar-refractivity contribution is -0.155. The van der Waals surface area contributed by atoms with Crippen molar-refractivity contribution < 1.29 is 29.0 Å². The minimum atomic E-state index is -0.979. The molecular weight excluding hydrogens is 673 g/mol. The highest BCUT2D eigenvalue weighted by Crippen LogP contribution is 2.57. The molecule has 0 saturated heterocycles. The van der Waals surface area contributed by atoms with Gasteiger partial charge in [0.1, 0.15) is 11.2 Å². The Bertz CT molecular complexity index is 2180. The van der Waals surface area contributed by atoms with Crippen molar-refractivity contribution in [1.29, 1.82) is 0 Å². The van der Waals surface area contributed by atoms with Gasteiger partial charge in [-0.1, -0.05) is 97.1 Å². The van der Waals surface area contributed by atoms with Crippen LogP contribution in [-0.4, -0.2) is 34.2 Å². The summed E-state index contributed by atoms with van der Waals surface area (Å²) >= 11 is 0. The number of carboxylic acid groups (broad SMARTS) is 1. The second-order valence-electron chi connectivity index (χ2n) is 16.2. The molecule has 7 rings (SSSR count). The number of ether oxygens (including phenoxy) is 2. The van der Waals surface area contributed by atoms with Crippen LogP contribution < -0.4 is 0 Å². The number of benzene rings is 5. The number of allylic oxidation sites excluding steroid dienone is 1. The smallest absolute Gasteiger partial charge is 0.335 e. The van der Waals surface area contributed by atoms with Gasteiger partial charge in [0.25, 0.3) is 0 Å². The molecule has 6 heteroatoms. The molecule has 0 fully saturated rings. The van der Waals surface area contributed by atoms with Crippen LogP contribution in [0.15, 0.2) is 109 Å². The maximum atomic E-state index is 12.8. The Hall–Kier alpha value is -5.75. The number of fused-ring (bicyclic) bond motifs is 6. The van der Waals surface area contributed by atoms with Gasteiger partial charge in [-0.15, -0.1) is 0 Å². The first-order valence-corrected chi connectivity index (χ1v) is 18.6. The second kappa shape index (κ2) is 14.2. The van der Waals surface area contributed by atoms with Gasteiger partial charge >= 0.3 is 17.9 Å². The summed E-state index contributed by atoms with van der Waals surface area (Å²) in [6, 6.07) is 37.1. The Morgan fingerprint density at radius 3 is 1.35 bits per heavy atom. The number of carbonyl (C=O) groups excluding carboxylic acids is 2. The van der Waals surface area contributed by atoms with Gasteiger partial charge in [-0.25, -0.2) is 4.79 Å². The van der Waals surface area contributed by atoms with E-state index in [4.69, 9.17) is 9.47 Å². The molecule has 0 saturated carbocycles. The molecule has 5 aromatic rings. The van der Waals surface area contributed by atoms with Crippen LogP contribution in [0.5, 0.6) is 0 Å². The highest BCUT2D eigenvalue weighted by molar-refractivity contribution is 6.13. The Morgan fingerprint density at radius 1 is 0.537 bits per heavy atom. The molecular formula is C48H46O6.